The summed E-state index contributed by atoms with van der Waals surface area (Å²) in [6.07, 6.45) is 0. The fourth-order valence-electron chi connectivity index (χ4n) is 2.76. The largest absolute Gasteiger partial charge is 0.350 e. The van der Waals surface area contributed by atoms with Gasteiger partial charge in [-0.2, -0.15) is 0 Å². The second-order valence-corrected chi connectivity index (χ2v) is 6.63. The van der Waals surface area contributed by atoms with Crippen LogP contribution in [0.2, 0.25) is 0 Å². The van der Waals surface area contributed by atoms with E-state index in [4.69, 9.17) is 5.73 Å². The van der Waals surface area contributed by atoms with Gasteiger partial charge < -0.3 is 16.0 Å². The zero-order valence-corrected chi connectivity index (χ0v) is 14.7. The van der Waals surface area contributed by atoms with Crippen molar-refractivity contribution >= 4 is 5.91 Å². The van der Waals surface area contributed by atoms with Gasteiger partial charge >= 0.3 is 0 Å². The third-order valence-electron chi connectivity index (χ3n) is 4.10. The van der Waals surface area contributed by atoms with E-state index in [1.54, 1.807) is 6.92 Å². The van der Waals surface area contributed by atoms with Crippen molar-refractivity contribution in [2.24, 2.45) is 5.73 Å². The topological polar surface area (TPSA) is 58.4 Å². The third kappa shape index (κ3) is 4.91. The summed E-state index contributed by atoms with van der Waals surface area (Å²) in [6.45, 7) is 5.35. The molecule has 0 aromatic heterocycles. The van der Waals surface area contributed by atoms with Crippen molar-refractivity contribution in [1.82, 2.24) is 10.2 Å². The highest BCUT2D eigenvalue weighted by Crippen LogP contribution is 2.17. The van der Waals surface area contributed by atoms with Crippen LogP contribution in [0.25, 0.3) is 0 Å². The molecule has 1 amide bonds. The van der Waals surface area contributed by atoms with Gasteiger partial charge in [0.25, 0.3) is 0 Å². The summed E-state index contributed by atoms with van der Waals surface area (Å²) in [5.41, 5.74) is 7.29. The van der Waals surface area contributed by atoms with Crippen LogP contribution in [0.15, 0.2) is 60.7 Å². The predicted octanol–water partition coefficient (Wildman–Crippen LogP) is 2.50. The Morgan fingerprint density at radius 1 is 1.12 bits per heavy atom. The Kier molecular flexibility index (Phi) is 6.12. The molecule has 0 aliphatic rings. The van der Waals surface area contributed by atoms with Crippen LogP contribution in [-0.4, -0.2) is 30.4 Å². The van der Waals surface area contributed by atoms with E-state index < -0.39 is 5.54 Å². The second-order valence-electron chi connectivity index (χ2n) is 6.63. The van der Waals surface area contributed by atoms with Crippen molar-refractivity contribution in [2.45, 2.75) is 32.0 Å². The van der Waals surface area contributed by atoms with E-state index >= 15 is 0 Å². The molecule has 0 aliphatic carbocycles. The number of likely N-dealkylation sites (N-methyl/N-ethyl adjacent to an activating group) is 1. The molecule has 3 N–H and O–H groups in total. The smallest absolute Gasteiger partial charge is 0.244 e. The second kappa shape index (κ2) is 8.08. The number of benzene rings is 2. The van der Waals surface area contributed by atoms with Crippen molar-refractivity contribution in [1.29, 1.82) is 0 Å². The lowest BCUT2D eigenvalue weighted by Gasteiger charge is -2.28. The van der Waals surface area contributed by atoms with Crippen LogP contribution in [0.3, 0.4) is 0 Å². The quantitative estimate of drug-likeness (QED) is 0.822. The highest BCUT2D eigenvalue weighted by Gasteiger charge is 2.31. The Morgan fingerprint density at radius 3 is 2.25 bits per heavy atom. The first kappa shape index (κ1) is 18.2. The summed E-state index contributed by atoms with van der Waals surface area (Å²) >= 11 is 0. The number of nitrogens with two attached hydrogens (primary N) is 1. The zero-order valence-electron chi connectivity index (χ0n) is 14.7. The van der Waals surface area contributed by atoms with Gasteiger partial charge in [-0.05, 0) is 32.0 Å². The van der Waals surface area contributed by atoms with Gasteiger partial charge in [-0.3, -0.25) is 4.79 Å². The van der Waals surface area contributed by atoms with Gasteiger partial charge in [-0.25, -0.2) is 0 Å². The fourth-order valence-corrected chi connectivity index (χ4v) is 2.76. The highest BCUT2D eigenvalue weighted by atomic mass is 16.2. The van der Waals surface area contributed by atoms with Crippen LogP contribution in [0.4, 0.5) is 0 Å². The van der Waals surface area contributed by atoms with Gasteiger partial charge in [-0.15, -0.1) is 0 Å². The van der Waals surface area contributed by atoms with Crippen LogP contribution in [0.5, 0.6) is 0 Å². The molecule has 2 atom stereocenters. The van der Waals surface area contributed by atoms with Gasteiger partial charge in [0.2, 0.25) is 5.91 Å². The van der Waals surface area contributed by atoms with Crippen LogP contribution in [0, 0.1) is 0 Å². The van der Waals surface area contributed by atoms with Crippen molar-refractivity contribution in [3.05, 3.63) is 71.8 Å². The molecule has 0 saturated heterocycles. The summed E-state index contributed by atoms with van der Waals surface area (Å²) in [6, 6.07) is 19.8. The number of nitrogens with one attached hydrogen (secondary N) is 1. The summed E-state index contributed by atoms with van der Waals surface area (Å²) < 4.78 is 0. The summed E-state index contributed by atoms with van der Waals surface area (Å²) in [5.74, 6) is -0.158. The standard InChI is InChI=1S/C20H27N3O/c1-16(14-23(3)15-17-10-6-4-7-11-17)22-19(24)20(2,21)18-12-8-5-9-13-18/h4-13,16H,14-15,21H2,1-3H3,(H,22,24). The molecule has 0 spiro atoms. The molecule has 4 heteroatoms. The van der Waals surface area contributed by atoms with Crippen LogP contribution >= 0.6 is 0 Å². The molecule has 4 nitrogen and oxygen atoms in total. The molecule has 0 bridgehead atoms. The molecule has 2 unspecified atom stereocenters. The number of hydrogen-bond acceptors (Lipinski definition) is 3. The van der Waals surface area contributed by atoms with Crippen molar-refractivity contribution in [3.63, 3.8) is 0 Å². The van der Waals surface area contributed by atoms with Gasteiger partial charge in [0.1, 0.15) is 5.54 Å². The normalized spacial score (nSPS) is 14.9. The first-order valence-corrected chi connectivity index (χ1v) is 8.27. The number of amides is 1. The van der Waals surface area contributed by atoms with E-state index in [1.165, 1.54) is 5.56 Å². The number of hydrogen-bond donors (Lipinski definition) is 2. The van der Waals surface area contributed by atoms with E-state index in [0.29, 0.717) is 0 Å². The van der Waals surface area contributed by atoms with Gasteiger partial charge in [0.05, 0.1) is 0 Å². The minimum atomic E-state index is -1.03. The van der Waals surface area contributed by atoms with E-state index in [0.717, 1.165) is 18.7 Å². The molecule has 24 heavy (non-hydrogen) atoms. The van der Waals surface area contributed by atoms with Crippen molar-refractivity contribution < 1.29 is 4.79 Å². The number of carbonyl (C=O) groups excluding carboxylic acids is 1. The highest BCUT2D eigenvalue weighted by molar-refractivity contribution is 5.87. The maximum atomic E-state index is 12.6. The SMILES string of the molecule is CC(CN(C)Cc1ccccc1)NC(=O)C(C)(N)c1ccccc1. The van der Waals surface area contributed by atoms with Crippen LogP contribution < -0.4 is 11.1 Å². The Hall–Kier alpha value is -2.17. The average Bonchev–Trinajstić information content (AvgIpc) is 2.56. The van der Waals surface area contributed by atoms with Crippen LogP contribution in [0.1, 0.15) is 25.0 Å². The van der Waals surface area contributed by atoms with Crippen LogP contribution in [-0.2, 0) is 16.9 Å². The Morgan fingerprint density at radius 2 is 1.67 bits per heavy atom. The first-order chi connectivity index (χ1) is 11.4. The lowest BCUT2D eigenvalue weighted by atomic mass is 9.92. The van der Waals surface area contributed by atoms with E-state index in [-0.39, 0.29) is 11.9 Å². The number of nitrogens with zero attached hydrogens (tertiary/aromatic N) is 1. The molecular weight excluding hydrogens is 298 g/mol. The molecule has 0 saturated carbocycles. The molecule has 128 valence electrons. The first-order valence-electron chi connectivity index (χ1n) is 8.27. The Labute approximate surface area is 144 Å². The summed E-state index contributed by atoms with van der Waals surface area (Å²) in [4.78, 5) is 14.8. The van der Waals surface area contributed by atoms with E-state index in [9.17, 15) is 4.79 Å². The van der Waals surface area contributed by atoms with Gasteiger partial charge in [-0.1, -0.05) is 60.7 Å². The van der Waals surface area contributed by atoms with Crippen molar-refractivity contribution in [3.8, 4) is 0 Å². The lowest BCUT2D eigenvalue weighted by Crippen LogP contribution is -2.53. The maximum absolute atomic E-state index is 12.6. The molecule has 0 heterocycles. The third-order valence-corrected chi connectivity index (χ3v) is 4.10. The summed E-state index contributed by atoms with van der Waals surface area (Å²) in [5, 5.41) is 3.03. The summed E-state index contributed by atoms with van der Waals surface area (Å²) in [7, 11) is 2.05. The van der Waals surface area contributed by atoms with Gasteiger partial charge in [0.15, 0.2) is 0 Å². The van der Waals surface area contributed by atoms with E-state index in [1.807, 2.05) is 55.5 Å². The monoisotopic (exact) mass is 325 g/mol. The van der Waals surface area contributed by atoms with Crippen molar-refractivity contribution in [2.75, 3.05) is 13.6 Å². The minimum absolute atomic E-state index is 0.0119. The number of rotatable bonds is 7. The van der Waals surface area contributed by atoms with Gasteiger partial charge in [0, 0.05) is 19.1 Å². The molecule has 0 fully saturated rings. The molecule has 2 aromatic carbocycles. The lowest BCUT2D eigenvalue weighted by molar-refractivity contribution is -0.126. The Bertz CT molecular complexity index is 640. The minimum Gasteiger partial charge on any atom is -0.350 e. The van der Waals surface area contributed by atoms with E-state index in [2.05, 4.69) is 29.4 Å². The Balaban J connectivity index is 1.89. The maximum Gasteiger partial charge on any atom is 0.244 e. The molecule has 2 aromatic rings. The molecular formula is C20H27N3O. The molecule has 2 rings (SSSR count). The number of carbonyl (C=O) groups is 1. The molecule has 0 radical (unpaired) electrons. The predicted molar refractivity (Wildman–Crippen MR) is 98.4 cm³/mol. The zero-order chi connectivity index (χ0) is 17.6. The fraction of sp³-hybridized carbons (Fsp3) is 0.350. The average molecular weight is 325 g/mol. The molecule has 0 aliphatic heterocycles.